The van der Waals surface area contributed by atoms with Crippen molar-refractivity contribution in [1.29, 1.82) is 0 Å². The summed E-state index contributed by atoms with van der Waals surface area (Å²) in [4.78, 5) is 14.7. The number of amides is 1. The van der Waals surface area contributed by atoms with Crippen molar-refractivity contribution in [3.05, 3.63) is 42.1 Å². The van der Waals surface area contributed by atoms with Crippen molar-refractivity contribution in [2.24, 2.45) is 5.92 Å². The molecule has 1 amide bonds. The van der Waals surface area contributed by atoms with Gasteiger partial charge in [0.15, 0.2) is 0 Å². The highest BCUT2D eigenvalue weighted by Crippen LogP contribution is 2.40. The van der Waals surface area contributed by atoms with Crippen LogP contribution in [0.25, 0.3) is 0 Å². The minimum absolute atomic E-state index is 0.0245. The molecule has 1 aliphatic heterocycles. The summed E-state index contributed by atoms with van der Waals surface area (Å²) in [5.74, 6) is 1.54. The average molecular weight is 324 g/mol. The normalized spacial score (nSPS) is 18.1. The molecule has 1 aromatic heterocycles. The molecule has 5 nitrogen and oxygen atoms in total. The van der Waals surface area contributed by atoms with E-state index in [1.54, 1.807) is 6.20 Å². The van der Waals surface area contributed by atoms with Crippen molar-refractivity contribution in [3.8, 4) is 0 Å². The number of rotatable bonds is 5. The molecule has 1 saturated carbocycles. The molecule has 1 N–H and O–H groups in total. The smallest absolute Gasteiger partial charge is 0.245 e. The van der Waals surface area contributed by atoms with Crippen LogP contribution in [-0.4, -0.2) is 28.8 Å². The summed E-state index contributed by atoms with van der Waals surface area (Å²) in [7, 11) is 0. The van der Waals surface area contributed by atoms with Crippen molar-refractivity contribution >= 4 is 17.4 Å². The van der Waals surface area contributed by atoms with E-state index in [1.807, 2.05) is 16.8 Å². The highest BCUT2D eigenvalue weighted by Gasteiger charge is 2.31. The Hall–Kier alpha value is -2.30. The molecule has 1 aliphatic carbocycles. The van der Waals surface area contributed by atoms with Crippen molar-refractivity contribution in [3.63, 3.8) is 0 Å². The lowest BCUT2D eigenvalue weighted by Gasteiger charge is -2.30. The zero-order chi connectivity index (χ0) is 16.5. The Kier molecular flexibility index (Phi) is 4.00. The highest BCUT2D eigenvalue weighted by molar-refractivity contribution is 5.93. The van der Waals surface area contributed by atoms with E-state index >= 15 is 0 Å². The number of hydrogen-bond acceptors (Lipinski definition) is 3. The molecule has 2 aromatic rings. The van der Waals surface area contributed by atoms with Crippen LogP contribution in [-0.2, 0) is 11.2 Å². The minimum atomic E-state index is 0.0245. The Balaban J connectivity index is 1.44. The predicted molar refractivity (Wildman–Crippen MR) is 95.3 cm³/mol. The average Bonchev–Trinajstić information content (AvgIpc) is 3.35. The maximum Gasteiger partial charge on any atom is 0.245 e. The zero-order valence-electron chi connectivity index (χ0n) is 14.1. The van der Waals surface area contributed by atoms with Gasteiger partial charge in [0.2, 0.25) is 5.91 Å². The largest absolute Gasteiger partial charge is 0.362 e. The molecule has 1 atom stereocenters. The number of benzene rings is 1. The number of aromatic nitrogens is 2. The fraction of sp³-hybridized carbons (Fsp3) is 0.474. The van der Waals surface area contributed by atoms with Gasteiger partial charge in [-0.05, 0) is 50.2 Å². The second-order valence-electron chi connectivity index (χ2n) is 6.94. The lowest BCUT2D eigenvalue weighted by atomic mass is 10.0. The maximum atomic E-state index is 12.6. The number of hydrogen-bond donors (Lipinski definition) is 1. The fourth-order valence-corrected chi connectivity index (χ4v) is 3.65. The van der Waals surface area contributed by atoms with Gasteiger partial charge in [-0.25, -0.2) is 4.68 Å². The second-order valence-corrected chi connectivity index (χ2v) is 6.94. The number of aryl methyl sites for hydroxylation is 1. The summed E-state index contributed by atoms with van der Waals surface area (Å²) in [6.07, 6.45) is 6.49. The molecule has 0 radical (unpaired) electrons. The third kappa shape index (κ3) is 3.03. The van der Waals surface area contributed by atoms with Crippen molar-refractivity contribution in [2.75, 3.05) is 23.3 Å². The van der Waals surface area contributed by atoms with Crippen LogP contribution in [0.15, 0.2) is 36.5 Å². The van der Waals surface area contributed by atoms with Crippen LogP contribution < -0.4 is 10.2 Å². The fourth-order valence-electron chi connectivity index (χ4n) is 3.65. The van der Waals surface area contributed by atoms with Gasteiger partial charge in [-0.2, -0.15) is 5.10 Å². The first-order valence-electron chi connectivity index (χ1n) is 8.88. The lowest BCUT2D eigenvalue weighted by molar-refractivity contribution is -0.115. The first-order chi connectivity index (χ1) is 11.7. The number of carbonyl (C=O) groups is 1. The van der Waals surface area contributed by atoms with E-state index in [0.717, 1.165) is 25.2 Å². The molecular weight excluding hydrogens is 300 g/mol. The Labute approximate surface area is 142 Å². The molecule has 2 heterocycles. The van der Waals surface area contributed by atoms with Gasteiger partial charge < -0.3 is 10.2 Å². The molecule has 0 unspecified atom stereocenters. The maximum absolute atomic E-state index is 12.6. The summed E-state index contributed by atoms with van der Waals surface area (Å²) in [6.45, 7) is 3.50. The summed E-state index contributed by atoms with van der Waals surface area (Å²) in [5, 5.41) is 7.45. The third-order valence-corrected chi connectivity index (χ3v) is 5.17. The van der Waals surface area contributed by atoms with Gasteiger partial charge in [0.25, 0.3) is 0 Å². The van der Waals surface area contributed by atoms with Crippen molar-refractivity contribution < 1.29 is 4.79 Å². The monoisotopic (exact) mass is 324 g/mol. The molecule has 2 aliphatic rings. The first-order valence-corrected chi connectivity index (χ1v) is 8.88. The van der Waals surface area contributed by atoms with Gasteiger partial charge in [0.1, 0.15) is 5.82 Å². The Morgan fingerprint density at radius 1 is 1.33 bits per heavy atom. The molecule has 0 spiro atoms. The van der Waals surface area contributed by atoms with Gasteiger partial charge in [-0.3, -0.25) is 4.79 Å². The standard InChI is InChI=1S/C19H24N4O/c1-14(15-8-9-15)23-18(10-11-20-23)21-19(24)13-22-12-4-6-16-5-2-3-7-17(16)22/h2-3,5,7,10-11,14-15H,4,6,8-9,12-13H2,1H3,(H,21,24)/t14-/m0/s1. The minimum Gasteiger partial charge on any atom is -0.362 e. The number of nitrogens with zero attached hydrogens (tertiary/aromatic N) is 3. The molecule has 0 saturated heterocycles. The summed E-state index contributed by atoms with van der Waals surface area (Å²) in [5.41, 5.74) is 2.53. The molecule has 1 aromatic carbocycles. The molecule has 0 bridgehead atoms. The number of para-hydroxylation sites is 1. The van der Waals surface area contributed by atoms with Crippen LogP contribution in [0.5, 0.6) is 0 Å². The van der Waals surface area contributed by atoms with E-state index in [2.05, 4.69) is 40.4 Å². The van der Waals surface area contributed by atoms with E-state index in [1.165, 1.54) is 24.1 Å². The van der Waals surface area contributed by atoms with Crippen molar-refractivity contribution in [1.82, 2.24) is 9.78 Å². The molecule has 126 valence electrons. The van der Waals surface area contributed by atoms with E-state index in [0.29, 0.717) is 18.5 Å². The molecular formula is C19H24N4O. The number of nitrogens with one attached hydrogen (secondary N) is 1. The quantitative estimate of drug-likeness (QED) is 0.918. The number of carbonyl (C=O) groups excluding carboxylic acids is 1. The van der Waals surface area contributed by atoms with Gasteiger partial charge in [-0.1, -0.05) is 18.2 Å². The van der Waals surface area contributed by atoms with Gasteiger partial charge in [0.05, 0.1) is 18.8 Å². The predicted octanol–water partition coefficient (Wildman–Crippen LogP) is 3.25. The highest BCUT2D eigenvalue weighted by atomic mass is 16.2. The van der Waals surface area contributed by atoms with Gasteiger partial charge >= 0.3 is 0 Å². The Morgan fingerprint density at radius 3 is 3.00 bits per heavy atom. The second kappa shape index (κ2) is 6.30. The Bertz CT molecular complexity index is 734. The summed E-state index contributed by atoms with van der Waals surface area (Å²) >= 11 is 0. The van der Waals surface area contributed by atoms with E-state index in [-0.39, 0.29) is 5.91 Å². The van der Waals surface area contributed by atoms with Gasteiger partial charge in [0, 0.05) is 18.3 Å². The summed E-state index contributed by atoms with van der Waals surface area (Å²) in [6, 6.07) is 10.6. The molecule has 24 heavy (non-hydrogen) atoms. The van der Waals surface area contributed by atoms with Crippen LogP contribution in [0.2, 0.25) is 0 Å². The van der Waals surface area contributed by atoms with Crippen LogP contribution in [0.4, 0.5) is 11.5 Å². The van der Waals surface area contributed by atoms with Crippen LogP contribution in [0.3, 0.4) is 0 Å². The van der Waals surface area contributed by atoms with E-state index < -0.39 is 0 Å². The Morgan fingerprint density at radius 2 is 2.17 bits per heavy atom. The summed E-state index contributed by atoms with van der Waals surface area (Å²) < 4.78 is 1.96. The topological polar surface area (TPSA) is 50.2 Å². The van der Waals surface area contributed by atoms with Crippen molar-refractivity contribution in [2.45, 2.75) is 38.6 Å². The van der Waals surface area contributed by atoms with Gasteiger partial charge in [-0.15, -0.1) is 0 Å². The first kappa shape index (κ1) is 15.2. The number of fused-ring (bicyclic) bond motifs is 1. The van der Waals surface area contributed by atoms with E-state index in [4.69, 9.17) is 0 Å². The van der Waals surface area contributed by atoms with Crippen LogP contribution in [0, 0.1) is 5.92 Å². The molecule has 5 heteroatoms. The SMILES string of the molecule is C[C@@H](C1CC1)n1nccc1NC(=O)CN1CCCc2ccccc21. The molecule has 1 fully saturated rings. The lowest BCUT2D eigenvalue weighted by Crippen LogP contribution is -2.37. The van der Waals surface area contributed by atoms with E-state index in [9.17, 15) is 4.79 Å². The molecule has 4 rings (SSSR count). The van der Waals surface area contributed by atoms with Crippen LogP contribution >= 0.6 is 0 Å². The third-order valence-electron chi connectivity index (χ3n) is 5.17. The zero-order valence-corrected chi connectivity index (χ0v) is 14.1. The van der Waals surface area contributed by atoms with Crippen LogP contribution in [0.1, 0.15) is 37.8 Å². The number of anilines is 2.